The summed E-state index contributed by atoms with van der Waals surface area (Å²) in [5.74, 6) is 1.21. The van der Waals surface area contributed by atoms with Crippen LogP contribution in [0, 0.1) is 23.7 Å². The van der Waals surface area contributed by atoms with Crippen LogP contribution in [0.2, 0.25) is 0 Å². The molecule has 0 amide bonds. The molecule has 0 N–H and O–H groups in total. The van der Waals surface area contributed by atoms with Crippen LogP contribution in [-0.2, 0) is 56.0 Å². The maximum atomic E-state index is 6.48. The van der Waals surface area contributed by atoms with Crippen LogP contribution >= 0.6 is 14.7 Å². The van der Waals surface area contributed by atoms with Gasteiger partial charge >= 0.3 is 0 Å². The minimum Gasteiger partial charge on any atom is -0.382 e. The molecule has 4 aliphatic rings. The van der Waals surface area contributed by atoms with E-state index in [1.54, 1.807) is 14.2 Å². The minimum absolute atomic E-state index is 0.0466. The number of hydrogen-bond acceptors (Lipinski definition) is 12. The first-order valence-corrected chi connectivity index (χ1v) is 24.4. The second-order valence-corrected chi connectivity index (χ2v) is 21.2. The highest BCUT2D eigenvalue weighted by Gasteiger charge is 2.46. The fourth-order valence-corrected chi connectivity index (χ4v) is 10.8. The fourth-order valence-electron chi connectivity index (χ4n) is 7.68. The van der Waals surface area contributed by atoms with Crippen molar-refractivity contribution in [2.75, 3.05) is 66.2 Å². The van der Waals surface area contributed by atoms with Crippen molar-refractivity contribution in [3.05, 3.63) is 0 Å². The van der Waals surface area contributed by atoms with E-state index < -0.39 is 14.7 Å². The van der Waals surface area contributed by atoms with Crippen molar-refractivity contribution in [3.8, 4) is 0 Å². The van der Waals surface area contributed by atoms with Crippen molar-refractivity contribution in [1.82, 2.24) is 0 Å². The standard InChI is InChI=1S/2C20H39O6P/c2*1-9-22-19-13(3)15(5)25-18(19)12-23-27(8,10-2)26-20-14(4)16(6)24-17(20)11-21-7/h2*13-20H,8-12H2,1-7H3. The van der Waals surface area contributed by atoms with Crippen LogP contribution in [0.15, 0.2) is 0 Å². The molecule has 0 aromatic rings. The summed E-state index contributed by atoms with van der Waals surface area (Å²) in [7, 11) is -1.20. The first-order valence-electron chi connectivity index (χ1n) is 20.5. The van der Waals surface area contributed by atoms with Gasteiger partial charge in [0.05, 0.1) is 75.3 Å². The van der Waals surface area contributed by atoms with Gasteiger partial charge in [-0.15, -0.1) is 0 Å². The van der Waals surface area contributed by atoms with E-state index in [9.17, 15) is 0 Å². The first kappa shape index (κ1) is 48.5. The molecule has 4 rings (SSSR count). The fraction of sp³-hybridized carbons (Fsp3) is 0.950. The van der Waals surface area contributed by atoms with E-state index in [4.69, 9.17) is 56.0 Å². The SMILES string of the molecule is C=P(CC)(OCC1OC(C)C(C)C1OCC)OC1C(COC)OC(C)C1C.C=P(CC)(OCC1OC(C)C(C)C1OCC)OC1C(COC)OC(C)C1C. The highest BCUT2D eigenvalue weighted by Crippen LogP contribution is 2.53. The van der Waals surface area contributed by atoms with Crippen molar-refractivity contribution < 1.29 is 56.0 Å². The summed E-state index contributed by atoms with van der Waals surface area (Å²) in [5, 5.41) is 0. The highest BCUT2D eigenvalue weighted by atomic mass is 31.2. The summed E-state index contributed by atoms with van der Waals surface area (Å²) < 4.78 is 72.2. The first-order chi connectivity index (χ1) is 25.5. The topological polar surface area (TPSA) is 111 Å². The van der Waals surface area contributed by atoms with E-state index in [2.05, 4.69) is 81.8 Å². The van der Waals surface area contributed by atoms with Gasteiger partial charge in [-0.05, 0) is 41.5 Å². The third-order valence-electron chi connectivity index (χ3n) is 12.0. The molecular weight excluding hydrogens is 734 g/mol. The maximum absolute atomic E-state index is 6.48. The lowest BCUT2D eigenvalue weighted by Crippen LogP contribution is -2.34. The Bertz CT molecular complexity index is 1090. The van der Waals surface area contributed by atoms with E-state index >= 15 is 0 Å². The molecule has 4 heterocycles. The molecule has 4 aliphatic heterocycles. The molecule has 4 saturated heterocycles. The van der Waals surface area contributed by atoms with Crippen LogP contribution in [0.1, 0.15) is 83.1 Å². The van der Waals surface area contributed by atoms with Crippen LogP contribution in [-0.4, -0.2) is 152 Å². The lowest BCUT2D eigenvalue weighted by Gasteiger charge is -2.32. The summed E-state index contributed by atoms with van der Waals surface area (Å²) >= 11 is 0. The molecule has 12 nitrogen and oxygen atoms in total. The third-order valence-corrected chi connectivity index (χ3v) is 16.4. The Labute approximate surface area is 328 Å². The Balaban J connectivity index is 0.000000290. The molecule has 18 atom stereocenters. The number of hydrogen-bond donors (Lipinski definition) is 0. The summed E-state index contributed by atoms with van der Waals surface area (Å²) in [6.45, 7) is 28.4. The van der Waals surface area contributed by atoms with Gasteiger partial charge in [-0.2, -0.15) is 0 Å². The van der Waals surface area contributed by atoms with Gasteiger partial charge in [-0.3, -0.25) is 0 Å². The lowest BCUT2D eigenvalue weighted by atomic mass is 9.99. The van der Waals surface area contributed by atoms with Crippen LogP contribution in [0.5, 0.6) is 0 Å². The van der Waals surface area contributed by atoms with Gasteiger partial charge in [0.2, 0.25) is 0 Å². The van der Waals surface area contributed by atoms with Crippen LogP contribution in [0.3, 0.4) is 0 Å². The predicted octanol–water partition coefficient (Wildman–Crippen LogP) is 7.17. The van der Waals surface area contributed by atoms with Crippen molar-refractivity contribution >= 4 is 27.3 Å². The molecule has 54 heavy (non-hydrogen) atoms. The van der Waals surface area contributed by atoms with Crippen LogP contribution < -0.4 is 0 Å². The van der Waals surface area contributed by atoms with E-state index in [1.165, 1.54) is 0 Å². The average Bonchev–Trinajstić information content (AvgIpc) is 3.77. The van der Waals surface area contributed by atoms with E-state index in [-0.39, 0.29) is 85.1 Å². The Hall–Kier alpha value is 0.120. The molecule has 0 spiro atoms. The Morgan fingerprint density at radius 2 is 0.722 bits per heavy atom. The molecule has 18 unspecified atom stereocenters. The largest absolute Gasteiger partial charge is 0.382 e. The van der Waals surface area contributed by atoms with Gasteiger partial charge in [0.15, 0.2) is 0 Å². The molecule has 0 aliphatic carbocycles. The third kappa shape index (κ3) is 12.6. The molecule has 0 bridgehead atoms. The number of methoxy groups -OCH3 is 2. The van der Waals surface area contributed by atoms with E-state index in [0.29, 0.717) is 51.5 Å². The number of rotatable bonds is 20. The van der Waals surface area contributed by atoms with Gasteiger partial charge in [0.25, 0.3) is 0 Å². The Kier molecular flexibility index (Phi) is 20.2. The summed E-state index contributed by atoms with van der Waals surface area (Å²) in [6, 6.07) is 0. The molecule has 0 saturated carbocycles. The van der Waals surface area contributed by atoms with Gasteiger partial charge in [-0.1, -0.05) is 54.1 Å². The summed E-state index contributed by atoms with van der Waals surface area (Å²) in [5.41, 5.74) is 0. The van der Waals surface area contributed by atoms with Crippen molar-refractivity contribution in [2.45, 2.75) is 156 Å². The number of ether oxygens (including phenoxy) is 8. The molecule has 4 fully saturated rings. The molecular formula is C40H78O12P2. The van der Waals surface area contributed by atoms with E-state index in [1.807, 2.05) is 13.8 Å². The monoisotopic (exact) mass is 812 g/mol. The average molecular weight is 813 g/mol. The smallest absolute Gasteiger partial charge is 0.117 e. The summed E-state index contributed by atoms with van der Waals surface area (Å²) in [6.07, 6.45) is 10.3. The molecule has 0 aromatic carbocycles. The summed E-state index contributed by atoms with van der Waals surface area (Å²) in [4.78, 5) is 0. The van der Waals surface area contributed by atoms with Gasteiger partial charge < -0.3 is 56.0 Å². The van der Waals surface area contributed by atoms with Gasteiger partial charge in [-0.25, -0.2) is 0 Å². The Morgan fingerprint density at radius 3 is 0.981 bits per heavy atom. The second kappa shape index (κ2) is 22.5. The van der Waals surface area contributed by atoms with Gasteiger partial charge in [0.1, 0.15) is 39.1 Å². The predicted molar refractivity (Wildman–Crippen MR) is 219 cm³/mol. The molecule has 0 aromatic heterocycles. The lowest BCUT2D eigenvalue weighted by molar-refractivity contribution is -0.0433. The van der Waals surface area contributed by atoms with Crippen molar-refractivity contribution in [1.29, 1.82) is 0 Å². The molecule has 0 radical (unpaired) electrons. The second-order valence-electron chi connectivity index (χ2n) is 15.7. The van der Waals surface area contributed by atoms with Gasteiger partial charge in [0, 0.05) is 63.4 Å². The zero-order valence-corrected chi connectivity index (χ0v) is 37.9. The quantitative estimate of drug-likeness (QED) is 0.116. The molecule has 14 heteroatoms. The Morgan fingerprint density at radius 1 is 0.444 bits per heavy atom. The zero-order valence-electron chi connectivity index (χ0n) is 36.1. The zero-order chi connectivity index (χ0) is 40.4. The van der Waals surface area contributed by atoms with Crippen LogP contribution in [0.4, 0.5) is 0 Å². The highest BCUT2D eigenvalue weighted by molar-refractivity contribution is 7.64. The van der Waals surface area contributed by atoms with E-state index in [0.717, 1.165) is 12.3 Å². The molecule has 320 valence electrons. The minimum atomic E-state index is -2.28. The van der Waals surface area contributed by atoms with Crippen molar-refractivity contribution in [3.63, 3.8) is 0 Å². The maximum Gasteiger partial charge on any atom is 0.117 e. The normalized spacial score (nSPS) is 41.7. The van der Waals surface area contributed by atoms with Crippen LogP contribution in [0.25, 0.3) is 0 Å². The van der Waals surface area contributed by atoms with Crippen molar-refractivity contribution in [2.24, 2.45) is 23.7 Å².